The summed E-state index contributed by atoms with van der Waals surface area (Å²) in [4.78, 5) is 4.66. The van der Waals surface area contributed by atoms with Crippen LogP contribution >= 0.6 is 0 Å². The predicted octanol–water partition coefficient (Wildman–Crippen LogP) is 1.71. The summed E-state index contributed by atoms with van der Waals surface area (Å²) in [5, 5.41) is 0. The minimum Gasteiger partial charge on any atom is -0.327 e. The molecule has 2 rings (SSSR count). The highest BCUT2D eigenvalue weighted by molar-refractivity contribution is 5.29. The maximum Gasteiger partial charge on any atom is 0.0455 e. The Hall–Kier alpha value is -0.890. The quantitative estimate of drug-likeness (QED) is 0.771. The summed E-state index contributed by atoms with van der Waals surface area (Å²) < 4.78 is 0. The van der Waals surface area contributed by atoms with E-state index in [-0.39, 0.29) is 0 Å². The van der Waals surface area contributed by atoms with Gasteiger partial charge in [0.25, 0.3) is 0 Å². The Bertz CT molecular complexity index is 331. The average molecular weight is 190 g/mol. The lowest BCUT2D eigenvalue weighted by atomic mass is 10.1. The minimum atomic E-state index is 0.298. The van der Waals surface area contributed by atoms with Gasteiger partial charge in [0.1, 0.15) is 0 Å². The van der Waals surface area contributed by atoms with Crippen LogP contribution in [0.2, 0.25) is 0 Å². The average Bonchev–Trinajstić information content (AvgIpc) is 2.42. The molecule has 0 fully saturated rings. The first kappa shape index (κ1) is 9.66. The number of aromatic nitrogens is 1. The van der Waals surface area contributed by atoms with Crippen molar-refractivity contribution in [3.05, 3.63) is 29.1 Å². The summed E-state index contributed by atoms with van der Waals surface area (Å²) in [6.45, 7) is 4.45. The van der Waals surface area contributed by atoms with Crippen LogP contribution in [-0.2, 0) is 19.3 Å². The van der Waals surface area contributed by atoms with Crippen LogP contribution in [0.25, 0.3) is 0 Å². The SMILES string of the molecule is CC(C)Cc1ccc2c(n1)CC(N)C2. The highest BCUT2D eigenvalue weighted by Gasteiger charge is 2.19. The Kier molecular flexibility index (Phi) is 2.55. The van der Waals surface area contributed by atoms with Crippen LogP contribution in [0.15, 0.2) is 12.1 Å². The third-order valence-electron chi connectivity index (χ3n) is 2.68. The van der Waals surface area contributed by atoms with Gasteiger partial charge in [-0.05, 0) is 30.4 Å². The highest BCUT2D eigenvalue weighted by atomic mass is 14.8. The molecule has 1 atom stereocenters. The number of rotatable bonds is 2. The highest BCUT2D eigenvalue weighted by Crippen LogP contribution is 2.20. The maximum absolute atomic E-state index is 5.90. The molecule has 1 aromatic heterocycles. The Morgan fingerprint density at radius 1 is 1.43 bits per heavy atom. The maximum atomic E-state index is 5.90. The van der Waals surface area contributed by atoms with Crippen molar-refractivity contribution in [1.29, 1.82) is 0 Å². The van der Waals surface area contributed by atoms with E-state index in [1.807, 2.05) is 0 Å². The molecule has 0 amide bonds. The van der Waals surface area contributed by atoms with Crippen molar-refractivity contribution < 1.29 is 0 Å². The molecule has 76 valence electrons. The summed E-state index contributed by atoms with van der Waals surface area (Å²) in [5.41, 5.74) is 9.70. The summed E-state index contributed by atoms with van der Waals surface area (Å²) in [6, 6.07) is 4.65. The monoisotopic (exact) mass is 190 g/mol. The van der Waals surface area contributed by atoms with Crippen molar-refractivity contribution in [2.75, 3.05) is 0 Å². The van der Waals surface area contributed by atoms with Crippen LogP contribution in [0.5, 0.6) is 0 Å². The third-order valence-corrected chi connectivity index (χ3v) is 2.68. The largest absolute Gasteiger partial charge is 0.327 e. The van der Waals surface area contributed by atoms with E-state index in [2.05, 4.69) is 31.0 Å². The van der Waals surface area contributed by atoms with Crippen molar-refractivity contribution >= 4 is 0 Å². The first-order valence-corrected chi connectivity index (χ1v) is 5.38. The molecule has 1 unspecified atom stereocenters. The van der Waals surface area contributed by atoms with E-state index in [9.17, 15) is 0 Å². The molecule has 0 bridgehead atoms. The van der Waals surface area contributed by atoms with Gasteiger partial charge in [-0.3, -0.25) is 4.98 Å². The number of nitrogens with zero attached hydrogens (tertiary/aromatic N) is 1. The van der Waals surface area contributed by atoms with E-state index in [0.717, 1.165) is 19.3 Å². The molecule has 1 aromatic rings. The summed E-state index contributed by atoms with van der Waals surface area (Å²) >= 11 is 0. The van der Waals surface area contributed by atoms with Gasteiger partial charge in [0.2, 0.25) is 0 Å². The molecule has 0 radical (unpaired) electrons. The molecule has 1 aliphatic carbocycles. The molecule has 1 aliphatic rings. The molecule has 0 aromatic carbocycles. The van der Waals surface area contributed by atoms with Gasteiger partial charge in [0, 0.05) is 23.9 Å². The van der Waals surface area contributed by atoms with Crippen LogP contribution in [0.1, 0.15) is 30.8 Å². The van der Waals surface area contributed by atoms with Crippen molar-refractivity contribution in [3.8, 4) is 0 Å². The van der Waals surface area contributed by atoms with E-state index in [1.54, 1.807) is 0 Å². The molecular weight excluding hydrogens is 172 g/mol. The fraction of sp³-hybridized carbons (Fsp3) is 0.583. The molecule has 1 heterocycles. The fourth-order valence-corrected chi connectivity index (χ4v) is 2.07. The number of nitrogens with two attached hydrogens (primary N) is 1. The number of fused-ring (bicyclic) bond motifs is 1. The summed E-state index contributed by atoms with van der Waals surface area (Å²) in [6.07, 6.45) is 3.04. The Morgan fingerprint density at radius 2 is 2.21 bits per heavy atom. The smallest absolute Gasteiger partial charge is 0.0455 e. The zero-order chi connectivity index (χ0) is 10.1. The Balaban J connectivity index is 2.20. The molecule has 0 saturated heterocycles. The van der Waals surface area contributed by atoms with Crippen molar-refractivity contribution in [1.82, 2.24) is 4.98 Å². The second kappa shape index (κ2) is 3.70. The van der Waals surface area contributed by atoms with Gasteiger partial charge in [0.05, 0.1) is 0 Å². The lowest BCUT2D eigenvalue weighted by molar-refractivity contribution is 0.632. The molecular formula is C12H18N2. The standard InChI is InChI=1S/C12H18N2/c1-8(2)5-11-4-3-9-6-10(13)7-12(9)14-11/h3-4,8,10H,5-7,13H2,1-2H3. The van der Waals surface area contributed by atoms with Gasteiger partial charge in [-0.25, -0.2) is 0 Å². The van der Waals surface area contributed by atoms with E-state index in [1.165, 1.54) is 17.0 Å². The van der Waals surface area contributed by atoms with Gasteiger partial charge in [-0.15, -0.1) is 0 Å². The van der Waals surface area contributed by atoms with Gasteiger partial charge < -0.3 is 5.73 Å². The van der Waals surface area contributed by atoms with E-state index in [0.29, 0.717) is 12.0 Å². The lowest BCUT2D eigenvalue weighted by Crippen LogP contribution is -2.19. The molecule has 0 saturated carbocycles. The van der Waals surface area contributed by atoms with E-state index < -0.39 is 0 Å². The second-order valence-electron chi connectivity index (χ2n) is 4.67. The second-order valence-corrected chi connectivity index (χ2v) is 4.67. The topological polar surface area (TPSA) is 38.9 Å². The van der Waals surface area contributed by atoms with E-state index in [4.69, 9.17) is 5.73 Å². The van der Waals surface area contributed by atoms with E-state index >= 15 is 0 Å². The van der Waals surface area contributed by atoms with Gasteiger partial charge in [-0.1, -0.05) is 19.9 Å². The molecule has 0 aliphatic heterocycles. The molecule has 2 N–H and O–H groups in total. The Labute approximate surface area is 85.5 Å². The molecule has 2 nitrogen and oxygen atoms in total. The van der Waals surface area contributed by atoms with Crippen molar-refractivity contribution in [2.24, 2.45) is 11.7 Å². The number of pyridine rings is 1. The fourth-order valence-electron chi connectivity index (χ4n) is 2.07. The van der Waals surface area contributed by atoms with Crippen LogP contribution in [0.3, 0.4) is 0 Å². The normalized spacial score (nSPS) is 20.1. The van der Waals surface area contributed by atoms with Crippen LogP contribution in [0.4, 0.5) is 0 Å². The van der Waals surface area contributed by atoms with Gasteiger partial charge in [-0.2, -0.15) is 0 Å². The number of hydrogen-bond donors (Lipinski definition) is 1. The van der Waals surface area contributed by atoms with Crippen LogP contribution < -0.4 is 5.73 Å². The van der Waals surface area contributed by atoms with Gasteiger partial charge >= 0.3 is 0 Å². The van der Waals surface area contributed by atoms with Crippen LogP contribution in [-0.4, -0.2) is 11.0 Å². The lowest BCUT2D eigenvalue weighted by Gasteiger charge is -2.05. The minimum absolute atomic E-state index is 0.298. The van der Waals surface area contributed by atoms with Gasteiger partial charge in [0.15, 0.2) is 0 Å². The van der Waals surface area contributed by atoms with Crippen molar-refractivity contribution in [3.63, 3.8) is 0 Å². The predicted molar refractivity (Wildman–Crippen MR) is 58.2 cm³/mol. The van der Waals surface area contributed by atoms with Crippen LogP contribution in [0, 0.1) is 5.92 Å². The zero-order valence-corrected chi connectivity index (χ0v) is 8.96. The molecule has 2 heteroatoms. The molecule has 14 heavy (non-hydrogen) atoms. The summed E-state index contributed by atoms with van der Waals surface area (Å²) in [5.74, 6) is 0.677. The number of hydrogen-bond acceptors (Lipinski definition) is 2. The van der Waals surface area contributed by atoms with Crippen molar-refractivity contribution in [2.45, 2.75) is 39.2 Å². The molecule has 0 spiro atoms. The first-order chi connectivity index (χ1) is 6.65. The third kappa shape index (κ3) is 1.95. The Morgan fingerprint density at radius 3 is 2.93 bits per heavy atom. The first-order valence-electron chi connectivity index (χ1n) is 5.38. The zero-order valence-electron chi connectivity index (χ0n) is 8.96. The summed E-state index contributed by atoms with van der Waals surface area (Å²) in [7, 11) is 0.